The van der Waals surface area contributed by atoms with Crippen molar-refractivity contribution in [1.82, 2.24) is 19.8 Å². The highest BCUT2D eigenvalue weighted by atomic mass is 35.5. The second-order valence-electron chi connectivity index (χ2n) is 12.8. The van der Waals surface area contributed by atoms with Gasteiger partial charge in [0.15, 0.2) is 17.3 Å². The lowest BCUT2D eigenvalue weighted by atomic mass is 9.68. The number of hydrogen-bond acceptors (Lipinski definition) is 9. The number of halogens is 3. The average Bonchev–Trinajstić information content (AvgIpc) is 3.02. The summed E-state index contributed by atoms with van der Waals surface area (Å²) in [5, 5.41) is 3.61. The predicted octanol–water partition coefficient (Wildman–Crippen LogP) is 6.55. The molecule has 4 aliphatic rings. The highest BCUT2D eigenvalue weighted by molar-refractivity contribution is 6.42. The van der Waals surface area contributed by atoms with Gasteiger partial charge in [-0.05, 0) is 51.8 Å². The van der Waals surface area contributed by atoms with Gasteiger partial charge in [-0.15, -0.1) is 0 Å². The van der Waals surface area contributed by atoms with Crippen LogP contribution in [0.1, 0.15) is 33.6 Å². The van der Waals surface area contributed by atoms with E-state index in [4.69, 9.17) is 42.1 Å². The maximum atomic E-state index is 14.9. The molecule has 10 nitrogen and oxygen atoms in total. The normalized spacial score (nSPS) is 21.7. The Labute approximate surface area is 272 Å². The van der Waals surface area contributed by atoms with Crippen molar-refractivity contribution in [1.29, 1.82) is 0 Å². The second-order valence-corrected chi connectivity index (χ2v) is 13.6. The predicted molar refractivity (Wildman–Crippen MR) is 170 cm³/mol. The lowest BCUT2D eigenvalue weighted by Gasteiger charge is -2.52. The van der Waals surface area contributed by atoms with Gasteiger partial charge in [-0.3, -0.25) is 4.90 Å². The van der Waals surface area contributed by atoms with E-state index in [-0.39, 0.29) is 39.8 Å². The Balaban J connectivity index is 1.23. The molecule has 3 aromatic rings. The average molecular weight is 663 g/mol. The van der Waals surface area contributed by atoms with Gasteiger partial charge in [-0.25, -0.2) is 19.2 Å². The number of hydrogen-bond donors (Lipinski definition) is 1. The molecule has 0 unspecified atom stereocenters. The summed E-state index contributed by atoms with van der Waals surface area (Å²) in [6.07, 6.45) is 2.83. The molecule has 0 radical (unpaired) electrons. The lowest BCUT2D eigenvalue weighted by Crippen LogP contribution is -2.62. The first-order valence-electron chi connectivity index (χ1n) is 15.3. The zero-order chi connectivity index (χ0) is 31.7. The number of fused-ring (bicyclic) bond motifs is 3. The molecule has 13 heteroatoms. The highest BCUT2D eigenvalue weighted by Gasteiger charge is 2.50. The quantitative estimate of drug-likeness (QED) is 0.202. The van der Waals surface area contributed by atoms with Crippen molar-refractivity contribution in [3.8, 4) is 11.5 Å². The third-order valence-corrected chi connectivity index (χ3v) is 9.11. The largest absolute Gasteiger partial charge is 0.490 e. The van der Waals surface area contributed by atoms with E-state index < -0.39 is 11.4 Å². The number of anilines is 2. The van der Waals surface area contributed by atoms with E-state index in [1.54, 1.807) is 4.90 Å². The van der Waals surface area contributed by atoms with Crippen LogP contribution in [0, 0.1) is 17.7 Å². The molecular weight excluding hydrogens is 624 g/mol. The number of amides is 1. The van der Waals surface area contributed by atoms with Crippen LogP contribution in [-0.2, 0) is 9.47 Å². The van der Waals surface area contributed by atoms with Crippen molar-refractivity contribution in [2.75, 3.05) is 57.9 Å². The van der Waals surface area contributed by atoms with Gasteiger partial charge >= 0.3 is 6.09 Å². The number of carbonyl (C=O) groups is 1. The minimum atomic E-state index is -0.676. The number of rotatable bonds is 9. The molecule has 7 rings (SSSR count). The molecule has 3 aliphatic heterocycles. The SMILES string of the molecule is CC(C)(C)OC(=O)N1C[C@H]2C[C@@H](C1)[C@H]2Oc1cc2c(Nc3ccc(Cl)c(Cl)c3F)ncnc2cc1OCCCN1CCOCC1. The van der Waals surface area contributed by atoms with Crippen LogP contribution in [-0.4, -0.2) is 90.1 Å². The van der Waals surface area contributed by atoms with E-state index in [2.05, 4.69) is 20.2 Å². The Bertz CT molecular complexity index is 1540. The van der Waals surface area contributed by atoms with Crippen molar-refractivity contribution in [2.24, 2.45) is 11.8 Å². The number of morpholine rings is 1. The minimum Gasteiger partial charge on any atom is -0.490 e. The van der Waals surface area contributed by atoms with Crippen LogP contribution in [0.25, 0.3) is 10.9 Å². The fourth-order valence-electron chi connectivity index (χ4n) is 6.07. The Morgan fingerprint density at radius 2 is 1.87 bits per heavy atom. The van der Waals surface area contributed by atoms with Gasteiger partial charge in [0, 0.05) is 56.0 Å². The standard InChI is InChI=1S/C32H38Cl2FN5O5/c1-32(2,3)45-31(41)40-16-19-13-20(17-40)29(19)44-26-14-21-24(15-25(26)43-10-4-7-39-8-11-42-12-9-39)36-18-37-30(21)38-23-6-5-22(33)27(34)28(23)35/h5-6,14-15,18-20,29H,4,7-13,16-17H2,1-3H3,(H,36,37,38)/t19-,20+,29+. The van der Waals surface area contributed by atoms with Gasteiger partial charge in [0.25, 0.3) is 0 Å². The van der Waals surface area contributed by atoms with Crippen molar-refractivity contribution >= 4 is 51.7 Å². The number of nitrogens with one attached hydrogen (secondary N) is 1. The number of piperidine rings is 2. The van der Waals surface area contributed by atoms with Gasteiger partial charge in [0.2, 0.25) is 0 Å². The Hall–Kier alpha value is -3.12. The first-order valence-corrected chi connectivity index (χ1v) is 16.1. The van der Waals surface area contributed by atoms with Crippen molar-refractivity contribution in [2.45, 2.75) is 45.3 Å². The molecule has 1 N–H and O–H groups in total. The molecule has 1 amide bonds. The van der Waals surface area contributed by atoms with E-state index in [9.17, 15) is 9.18 Å². The van der Waals surface area contributed by atoms with Crippen LogP contribution < -0.4 is 14.8 Å². The fourth-order valence-corrected chi connectivity index (χ4v) is 6.38. The zero-order valence-electron chi connectivity index (χ0n) is 25.7. The van der Waals surface area contributed by atoms with Gasteiger partial charge < -0.3 is 29.2 Å². The Morgan fingerprint density at radius 1 is 1.11 bits per heavy atom. The van der Waals surface area contributed by atoms with Crippen LogP contribution in [0.5, 0.6) is 11.5 Å². The summed E-state index contributed by atoms with van der Waals surface area (Å²) in [5.74, 6) is 1.15. The van der Waals surface area contributed by atoms with E-state index in [0.717, 1.165) is 45.7 Å². The van der Waals surface area contributed by atoms with Crippen LogP contribution in [0.3, 0.4) is 0 Å². The molecule has 0 spiro atoms. The summed E-state index contributed by atoms with van der Waals surface area (Å²) in [6.45, 7) is 11.5. The fraction of sp³-hybridized carbons (Fsp3) is 0.531. The van der Waals surface area contributed by atoms with Crippen LogP contribution >= 0.6 is 23.2 Å². The summed E-state index contributed by atoms with van der Waals surface area (Å²) in [5.41, 5.74) is 0.182. The summed E-state index contributed by atoms with van der Waals surface area (Å²) in [4.78, 5) is 25.7. The molecule has 2 bridgehead atoms. The first-order chi connectivity index (χ1) is 21.6. The van der Waals surface area contributed by atoms with E-state index in [0.29, 0.717) is 47.9 Å². The monoisotopic (exact) mass is 661 g/mol. The third-order valence-electron chi connectivity index (χ3n) is 8.33. The molecule has 1 saturated carbocycles. The molecule has 2 aromatic carbocycles. The van der Waals surface area contributed by atoms with Crippen molar-refractivity contribution in [3.63, 3.8) is 0 Å². The number of aromatic nitrogens is 2. The molecule has 1 aromatic heterocycles. The Kier molecular flexibility index (Phi) is 9.42. The molecule has 4 fully saturated rings. The number of nitrogens with zero attached hydrogens (tertiary/aromatic N) is 4. The molecule has 242 valence electrons. The summed E-state index contributed by atoms with van der Waals surface area (Å²) in [6, 6.07) is 6.70. The molecule has 3 saturated heterocycles. The smallest absolute Gasteiger partial charge is 0.410 e. The molecule has 4 heterocycles. The minimum absolute atomic E-state index is 0.0922. The van der Waals surface area contributed by atoms with Crippen molar-refractivity contribution < 1.29 is 28.1 Å². The van der Waals surface area contributed by atoms with E-state index in [1.807, 2.05) is 32.9 Å². The second kappa shape index (κ2) is 13.3. The van der Waals surface area contributed by atoms with Gasteiger partial charge in [-0.1, -0.05) is 23.2 Å². The van der Waals surface area contributed by atoms with E-state index >= 15 is 0 Å². The molecular formula is C32H38Cl2FN5O5. The van der Waals surface area contributed by atoms with Crippen molar-refractivity contribution in [3.05, 3.63) is 46.5 Å². The maximum absolute atomic E-state index is 14.9. The zero-order valence-corrected chi connectivity index (χ0v) is 27.2. The summed E-state index contributed by atoms with van der Waals surface area (Å²) >= 11 is 12.0. The van der Waals surface area contributed by atoms with Crippen LogP contribution in [0.15, 0.2) is 30.6 Å². The topological polar surface area (TPSA) is 98.3 Å². The number of carbonyl (C=O) groups excluding carboxylic acids is 1. The first kappa shape index (κ1) is 31.8. The van der Waals surface area contributed by atoms with Crippen LogP contribution in [0.2, 0.25) is 10.0 Å². The maximum Gasteiger partial charge on any atom is 0.410 e. The molecule has 45 heavy (non-hydrogen) atoms. The van der Waals surface area contributed by atoms with Gasteiger partial charge in [0.1, 0.15) is 23.9 Å². The molecule has 3 atom stereocenters. The summed E-state index contributed by atoms with van der Waals surface area (Å²) in [7, 11) is 0. The highest BCUT2D eigenvalue weighted by Crippen LogP contribution is 2.45. The van der Waals surface area contributed by atoms with Crippen LogP contribution in [0.4, 0.5) is 20.7 Å². The number of benzene rings is 2. The van der Waals surface area contributed by atoms with Gasteiger partial charge in [0.05, 0.1) is 41.1 Å². The lowest BCUT2D eigenvalue weighted by molar-refractivity contribution is -0.0935. The number of ether oxygens (including phenoxy) is 4. The third kappa shape index (κ3) is 7.32. The Morgan fingerprint density at radius 3 is 2.60 bits per heavy atom. The van der Waals surface area contributed by atoms with E-state index in [1.165, 1.54) is 18.5 Å². The molecule has 1 aliphatic carbocycles. The summed E-state index contributed by atoms with van der Waals surface area (Å²) < 4.78 is 39.0. The van der Waals surface area contributed by atoms with Gasteiger partial charge in [-0.2, -0.15) is 0 Å².